The lowest BCUT2D eigenvalue weighted by molar-refractivity contribution is -0.138. The standard InChI is InChI=1S/C20H32N4O3S.HI/c1-21-19(23-15-20(12-5-6-13-20)18(25)24(2)3)22-14-11-16-7-9-17(10-8-16)28(4,26)27;/h7-10H,5-6,11-15H2,1-4H3,(H2,21,22,23);1H. The number of hydrogen-bond donors (Lipinski definition) is 2. The summed E-state index contributed by atoms with van der Waals surface area (Å²) in [5.74, 6) is 0.851. The van der Waals surface area contributed by atoms with Crippen LogP contribution in [0.15, 0.2) is 34.2 Å². The number of rotatable bonds is 7. The van der Waals surface area contributed by atoms with Crippen LogP contribution in [0.2, 0.25) is 0 Å². The van der Waals surface area contributed by atoms with E-state index >= 15 is 0 Å². The van der Waals surface area contributed by atoms with Gasteiger partial charge in [0.2, 0.25) is 5.91 Å². The van der Waals surface area contributed by atoms with E-state index in [4.69, 9.17) is 0 Å². The van der Waals surface area contributed by atoms with Gasteiger partial charge in [-0.3, -0.25) is 9.79 Å². The van der Waals surface area contributed by atoms with E-state index in [2.05, 4.69) is 15.6 Å². The van der Waals surface area contributed by atoms with Crippen molar-refractivity contribution in [2.45, 2.75) is 37.0 Å². The summed E-state index contributed by atoms with van der Waals surface area (Å²) in [6.07, 6.45) is 5.92. The highest BCUT2D eigenvalue weighted by Gasteiger charge is 2.42. The van der Waals surface area contributed by atoms with Crippen LogP contribution < -0.4 is 10.6 Å². The number of halogens is 1. The molecule has 164 valence electrons. The van der Waals surface area contributed by atoms with Crippen molar-refractivity contribution in [1.82, 2.24) is 15.5 Å². The molecule has 0 aliphatic heterocycles. The molecule has 0 atom stereocenters. The zero-order valence-corrected chi connectivity index (χ0v) is 20.8. The van der Waals surface area contributed by atoms with Crippen LogP contribution in [0.25, 0.3) is 0 Å². The van der Waals surface area contributed by atoms with Crippen LogP contribution in [0.3, 0.4) is 0 Å². The van der Waals surface area contributed by atoms with Gasteiger partial charge in [-0.25, -0.2) is 8.42 Å². The molecule has 2 N–H and O–H groups in total. The summed E-state index contributed by atoms with van der Waals surface area (Å²) in [5, 5.41) is 6.58. The zero-order valence-electron chi connectivity index (χ0n) is 17.7. The second kappa shape index (κ2) is 11.1. The molecular formula is C20H33IN4O3S. The van der Waals surface area contributed by atoms with Crippen LogP contribution in [0, 0.1) is 5.41 Å². The van der Waals surface area contributed by atoms with Crippen molar-refractivity contribution in [1.29, 1.82) is 0 Å². The zero-order chi connectivity index (χ0) is 20.8. The second-order valence-corrected chi connectivity index (χ2v) is 9.72. The molecule has 1 saturated carbocycles. The highest BCUT2D eigenvalue weighted by Crippen LogP contribution is 2.38. The van der Waals surface area contributed by atoms with Gasteiger partial charge in [0.1, 0.15) is 0 Å². The first-order valence-corrected chi connectivity index (χ1v) is 11.5. The van der Waals surface area contributed by atoms with Crippen LogP contribution in [0.5, 0.6) is 0 Å². The fraction of sp³-hybridized carbons (Fsp3) is 0.600. The number of hydrogen-bond acceptors (Lipinski definition) is 4. The molecule has 0 heterocycles. The van der Waals surface area contributed by atoms with Gasteiger partial charge in [0.15, 0.2) is 15.8 Å². The van der Waals surface area contributed by atoms with Crippen LogP contribution >= 0.6 is 24.0 Å². The fourth-order valence-electron chi connectivity index (χ4n) is 3.69. The van der Waals surface area contributed by atoms with Crippen molar-refractivity contribution in [3.05, 3.63) is 29.8 Å². The molecule has 0 spiro atoms. The van der Waals surface area contributed by atoms with E-state index < -0.39 is 9.84 Å². The summed E-state index contributed by atoms with van der Waals surface area (Å²) in [7, 11) is 2.17. The molecule has 1 aromatic rings. The van der Waals surface area contributed by atoms with E-state index in [1.165, 1.54) is 6.26 Å². The smallest absolute Gasteiger partial charge is 0.230 e. The lowest BCUT2D eigenvalue weighted by Crippen LogP contribution is -2.49. The number of nitrogens with one attached hydrogen (secondary N) is 2. The first-order valence-electron chi connectivity index (χ1n) is 9.63. The van der Waals surface area contributed by atoms with Gasteiger partial charge in [0, 0.05) is 40.5 Å². The van der Waals surface area contributed by atoms with Crippen molar-refractivity contribution >= 4 is 45.7 Å². The minimum Gasteiger partial charge on any atom is -0.356 e. The molecule has 29 heavy (non-hydrogen) atoms. The van der Waals surface area contributed by atoms with Crippen molar-refractivity contribution in [2.75, 3.05) is 40.5 Å². The number of carbonyl (C=O) groups is 1. The first kappa shape index (κ1) is 25.7. The van der Waals surface area contributed by atoms with Gasteiger partial charge in [-0.15, -0.1) is 24.0 Å². The number of guanidine groups is 1. The number of amides is 1. The van der Waals surface area contributed by atoms with E-state index in [0.717, 1.165) is 37.7 Å². The van der Waals surface area contributed by atoms with Gasteiger partial charge in [0.05, 0.1) is 10.3 Å². The van der Waals surface area contributed by atoms with Gasteiger partial charge in [-0.1, -0.05) is 25.0 Å². The van der Waals surface area contributed by atoms with Gasteiger partial charge in [-0.2, -0.15) is 0 Å². The Morgan fingerprint density at radius 3 is 2.21 bits per heavy atom. The SMILES string of the molecule is CN=C(NCCc1ccc(S(C)(=O)=O)cc1)NCC1(C(=O)N(C)C)CCCC1.I. The molecule has 0 aromatic heterocycles. The molecule has 1 fully saturated rings. The predicted octanol–water partition coefficient (Wildman–Crippen LogP) is 2.06. The molecule has 0 unspecified atom stereocenters. The van der Waals surface area contributed by atoms with Crippen molar-refractivity contribution in [2.24, 2.45) is 10.4 Å². The summed E-state index contributed by atoms with van der Waals surface area (Å²) >= 11 is 0. The Morgan fingerprint density at radius 2 is 1.72 bits per heavy atom. The lowest BCUT2D eigenvalue weighted by Gasteiger charge is -2.31. The van der Waals surface area contributed by atoms with Crippen molar-refractivity contribution < 1.29 is 13.2 Å². The molecule has 1 amide bonds. The third kappa shape index (κ3) is 7.13. The maximum atomic E-state index is 12.6. The molecule has 0 radical (unpaired) electrons. The fourth-order valence-corrected chi connectivity index (χ4v) is 4.32. The van der Waals surface area contributed by atoms with E-state index in [1.54, 1.807) is 24.1 Å². The van der Waals surface area contributed by atoms with E-state index in [-0.39, 0.29) is 35.3 Å². The molecular weight excluding hydrogens is 503 g/mol. The third-order valence-electron chi connectivity index (χ3n) is 5.30. The topological polar surface area (TPSA) is 90.9 Å². The Kier molecular flexibility index (Phi) is 9.87. The van der Waals surface area contributed by atoms with Crippen LogP contribution in [0.4, 0.5) is 0 Å². The molecule has 0 saturated heterocycles. The first-order chi connectivity index (χ1) is 13.2. The van der Waals surface area contributed by atoms with E-state index in [1.807, 2.05) is 26.2 Å². The Labute approximate surface area is 191 Å². The molecule has 0 bridgehead atoms. The van der Waals surface area contributed by atoms with Crippen molar-refractivity contribution in [3.63, 3.8) is 0 Å². The molecule has 1 aliphatic rings. The maximum Gasteiger partial charge on any atom is 0.230 e. The van der Waals surface area contributed by atoms with Gasteiger partial charge >= 0.3 is 0 Å². The van der Waals surface area contributed by atoms with Gasteiger partial charge < -0.3 is 15.5 Å². The molecule has 1 aromatic carbocycles. The Balaban J connectivity index is 0.00000420. The number of carbonyl (C=O) groups excluding carboxylic acids is 1. The van der Waals surface area contributed by atoms with Gasteiger partial charge in [-0.05, 0) is 37.0 Å². The molecule has 2 rings (SSSR count). The average Bonchev–Trinajstić information content (AvgIpc) is 3.13. The Morgan fingerprint density at radius 1 is 1.14 bits per heavy atom. The second-order valence-electron chi connectivity index (χ2n) is 7.71. The Hall–Kier alpha value is -1.36. The normalized spacial score (nSPS) is 16.1. The lowest BCUT2D eigenvalue weighted by atomic mass is 9.84. The summed E-state index contributed by atoms with van der Waals surface area (Å²) in [6, 6.07) is 6.93. The molecule has 1 aliphatic carbocycles. The quantitative estimate of drug-likeness (QED) is 0.317. The van der Waals surface area contributed by atoms with E-state index in [9.17, 15) is 13.2 Å². The summed E-state index contributed by atoms with van der Waals surface area (Å²) < 4.78 is 23.0. The van der Waals surface area contributed by atoms with Crippen LogP contribution in [-0.4, -0.2) is 65.7 Å². The minimum absolute atomic E-state index is 0. The molecule has 7 nitrogen and oxygen atoms in total. The largest absolute Gasteiger partial charge is 0.356 e. The van der Waals surface area contributed by atoms with Crippen LogP contribution in [-0.2, 0) is 21.1 Å². The maximum absolute atomic E-state index is 12.6. The third-order valence-corrected chi connectivity index (χ3v) is 6.42. The molecule has 9 heteroatoms. The number of aliphatic imine (C=N–C) groups is 1. The highest BCUT2D eigenvalue weighted by molar-refractivity contribution is 14.0. The predicted molar refractivity (Wildman–Crippen MR) is 128 cm³/mol. The number of benzene rings is 1. The van der Waals surface area contributed by atoms with E-state index in [0.29, 0.717) is 23.9 Å². The number of nitrogens with zero attached hydrogens (tertiary/aromatic N) is 2. The van der Waals surface area contributed by atoms with Crippen LogP contribution in [0.1, 0.15) is 31.2 Å². The summed E-state index contributed by atoms with van der Waals surface area (Å²) in [6.45, 7) is 1.24. The average molecular weight is 536 g/mol. The highest BCUT2D eigenvalue weighted by atomic mass is 127. The monoisotopic (exact) mass is 536 g/mol. The van der Waals surface area contributed by atoms with Gasteiger partial charge in [0.25, 0.3) is 0 Å². The summed E-state index contributed by atoms with van der Waals surface area (Å²) in [5.41, 5.74) is 0.702. The minimum atomic E-state index is -3.17. The Bertz CT molecular complexity index is 802. The number of sulfone groups is 1. The van der Waals surface area contributed by atoms with Crippen molar-refractivity contribution in [3.8, 4) is 0 Å². The summed E-state index contributed by atoms with van der Waals surface area (Å²) in [4.78, 5) is 18.9.